The van der Waals surface area contributed by atoms with Crippen LogP contribution >= 0.6 is 11.5 Å². The number of aromatic nitrogens is 2. The first-order chi connectivity index (χ1) is 7.27. The van der Waals surface area contributed by atoms with Gasteiger partial charge in [0.2, 0.25) is 0 Å². The molecule has 1 unspecified atom stereocenters. The molecule has 0 fully saturated rings. The second-order valence-electron chi connectivity index (χ2n) is 3.28. The molecule has 1 amide bonds. The van der Waals surface area contributed by atoms with E-state index in [1.807, 2.05) is 6.92 Å². The van der Waals surface area contributed by atoms with Crippen molar-refractivity contribution in [2.75, 3.05) is 13.2 Å². The predicted molar refractivity (Wildman–Crippen MR) is 57.7 cm³/mol. The number of hydrogen-bond acceptors (Lipinski definition) is 5. The maximum Gasteiger partial charge on any atom is 0.264 e. The lowest BCUT2D eigenvalue weighted by Gasteiger charge is -2.13. The number of aliphatic hydroxyl groups is 1. The molecule has 0 aliphatic rings. The van der Waals surface area contributed by atoms with Crippen LogP contribution in [-0.2, 0) is 0 Å². The first-order valence-corrected chi connectivity index (χ1v) is 5.71. The molecule has 0 aromatic carbocycles. The number of amides is 1. The summed E-state index contributed by atoms with van der Waals surface area (Å²) in [7, 11) is 0. The summed E-state index contributed by atoms with van der Waals surface area (Å²) in [6, 6.07) is 0. The van der Waals surface area contributed by atoms with Gasteiger partial charge in [0.15, 0.2) is 0 Å². The van der Waals surface area contributed by atoms with Crippen molar-refractivity contribution in [1.82, 2.24) is 14.9 Å². The van der Waals surface area contributed by atoms with Crippen molar-refractivity contribution in [3.63, 3.8) is 0 Å². The molecule has 1 atom stereocenters. The van der Waals surface area contributed by atoms with E-state index in [2.05, 4.69) is 14.9 Å². The number of carbonyl (C=O) groups is 1. The third kappa shape index (κ3) is 3.93. The minimum atomic E-state index is -0.138. The van der Waals surface area contributed by atoms with Gasteiger partial charge in [0.25, 0.3) is 5.91 Å². The highest BCUT2D eigenvalue weighted by Crippen LogP contribution is 2.07. The highest BCUT2D eigenvalue weighted by molar-refractivity contribution is 7.07. The highest BCUT2D eigenvalue weighted by Gasteiger charge is 2.11. The molecule has 1 rings (SSSR count). The summed E-state index contributed by atoms with van der Waals surface area (Å²) in [4.78, 5) is 12.0. The largest absolute Gasteiger partial charge is 0.396 e. The van der Waals surface area contributed by atoms with Crippen molar-refractivity contribution >= 4 is 17.4 Å². The van der Waals surface area contributed by atoms with E-state index in [0.717, 1.165) is 24.4 Å². The van der Waals surface area contributed by atoms with Crippen LogP contribution in [0.15, 0.2) is 6.20 Å². The second kappa shape index (κ2) is 6.47. The highest BCUT2D eigenvalue weighted by atomic mass is 32.1. The lowest BCUT2D eigenvalue weighted by atomic mass is 10.0. The predicted octanol–water partition coefficient (Wildman–Crippen LogP) is 0.676. The van der Waals surface area contributed by atoms with E-state index in [0.29, 0.717) is 17.3 Å². The fraction of sp³-hybridized carbons (Fsp3) is 0.667. The van der Waals surface area contributed by atoms with Gasteiger partial charge in [-0.1, -0.05) is 17.8 Å². The van der Waals surface area contributed by atoms with Gasteiger partial charge >= 0.3 is 0 Å². The molecule has 1 aromatic heterocycles. The molecule has 0 saturated carbocycles. The summed E-state index contributed by atoms with van der Waals surface area (Å²) in [5, 5.41) is 15.2. The van der Waals surface area contributed by atoms with Gasteiger partial charge in [-0.2, -0.15) is 0 Å². The van der Waals surface area contributed by atoms with Crippen molar-refractivity contribution in [2.45, 2.75) is 19.8 Å². The van der Waals surface area contributed by atoms with Gasteiger partial charge in [-0.05, 0) is 23.9 Å². The van der Waals surface area contributed by atoms with Crippen molar-refractivity contribution in [3.8, 4) is 0 Å². The van der Waals surface area contributed by atoms with E-state index in [4.69, 9.17) is 5.11 Å². The van der Waals surface area contributed by atoms with Gasteiger partial charge in [0.05, 0.1) is 6.20 Å². The van der Waals surface area contributed by atoms with Crippen molar-refractivity contribution in [1.29, 1.82) is 0 Å². The monoisotopic (exact) mass is 229 g/mol. The van der Waals surface area contributed by atoms with Crippen LogP contribution in [0.5, 0.6) is 0 Å². The van der Waals surface area contributed by atoms with E-state index in [1.165, 1.54) is 6.20 Å². The molecule has 1 heterocycles. The van der Waals surface area contributed by atoms with Gasteiger partial charge in [-0.15, -0.1) is 5.10 Å². The summed E-state index contributed by atoms with van der Waals surface area (Å²) in [5.41, 5.74) is 0. The number of aliphatic hydroxyl groups excluding tert-OH is 1. The van der Waals surface area contributed by atoms with Crippen molar-refractivity contribution in [3.05, 3.63) is 11.1 Å². The first kappa shape index (κ1) is 12.1. The Hall–Kier alpha value is -1.01. The standard InChI is InChI=1S/C9H15N3O2S/c1-2-7(3-4-13)5-10-9(14)8-6-11-12-15-8/h6-7,13H,2-5H2,1H3,(H,10,14). The number of nitrogens with one attached hydrogen (secondary N) is 1. The van der Waals surface area contributed by atoms with E-state index in [-0.39, 0.29) is 12.5 Å². The van der Waals surface area contributed by atoms with Gasteiger partial charge in [-0.25, -0.2) is 0 Å². The van der Waals surface area contributed by atoms with E-state index in [1.54, 1.807) is 0 Å². The maximum absolute atomic E-state index is 11.5. The van der Waals surface area contributed by atoms with Crippen LogP contribution in [0, 0.1) is 5.92 Å². The summed E-state index contributed by atoms with van der Waals surface area (Å²) < 4.78 is 3.62. The Balaban J connectivity index is 2.33. The molecule has 15 heavy (non-hydrogen) atoms. The maximum atomic E-state index is 11.5. The zero-order valence-electron chi connectivity index (χ0n) is 8.64. The first-order valence-electron chi connectivity index (χ1n) is 4.94. The lowest BCUT2D eigenvalue weighted by molar-refractivity contribution is 0.0947. The quantitative estimate of drug-likeness (QED) is 0.752. The Bertz CT molecular complexity index is 290. The van der Waals surface area contributed by atoms with Crippen LogP contribution in [0.3, 0.4) is 0 Å². The van der Waals surface area contributed by atoms with Crippen molar-refractivity contribution in [2.24, 2.45) is 5.92 Å². The summed E-state index contributed by atoms with van der Waals surface area (Å²) in [5.74, 6) is 0.196. The molecule has 0 bridgehead atoms. The van der Waals surface area contributed by atoms with Crippen LogP contribution in [0.4, 0.5) is 0 Å². The average molecular weight is 229 g/mol. The van der Waals surface area contributed by atoms with Crippen LogP contribution in [0.1, 0.15) is 29.4 Å². The fourth-order valence-corrected chi connectivity index (χ4v) is 1.66. The van der Waals surface area contributed by atoms with Crippen LogP contribution in [0.2, 0.25) is 0 Å². The normalized spacial score (nSPS) is 12.4. The summed E-state index contributed by atoms with van der Waals surface area (Å²) in [6.45, 7) is 2.80. The Labute approximate surface area is 92.7 Å². The Morgan fingerprint density at radius 3 is 3.07 bits per heavy atom. The summed E-state index contributed by atoms with van der Waals surface area (Å²) in [6.07, 6.45) is 3.12. The molecule has 2 N–H and O–H groups in total. The lowest BCUT2D eigenvalue weighted by Crippen LogP contribution is -2.29. The molecule has 0 spiro atoms. The third-order valence-electron chi connectivity index (χ3n) is 2.25. The van der Waals surface area contributed by atoms with Gasteiger partial charge in [0.1, 0.15) is 4.88 Å². The van der Waals surface area contributed by atoms with Gasteiger partial charge in [0, 0.05) is 13.2 Å². The van der Waals surface area contributed by atoms with E-state index < -0.39 is 0 Å². The Morgan fingerprint density at radius 1 is 1.73 bits per heavy atom. The molecular formula is C9H15N3O2S. The third-order valence-corrected chi connectivity index (χ3v) is 2.91. The number of rotatable bonds is 6. The molecule has 0 aliphatic heterocycles. The second-order valence-corrected chi connectivity index (χ2v) is 4.06. The van der Waals surface area contributed by atoms with Crippen LogP contribution in [0.25, 0.3) is 0 Å². The molecule has 5 nitrogen and oxygen atoms in total. The minimum Gasteiger partial charge on any atom is -0.396 e. The molecular weight excluding hydrogens is 214 g/mol. The van der Waals surface area contributed by atoms with Crippen LogP contribution in [-0.4, -0.2) is 33.8 Å². The SMILES string of the molecule is CCC(CCO)CNC(=O)c1cnns1. The zero-order valence-corrected chi connectivity index (χ0v) is 9.46. The Kier molecular flexibility index (Phi) is 5.20. The molecule has 0 aliphatic carbocycles. The summed E-state index contributed by atoms with van der Waals surface area (Å²) >= 11 is 1.08. The van der Waals surface area contributed by atoms with E-state index >= 15 is 0 Å². The smallest absolute Gasteiger partial charge is 0.264 e. The molecule has 1 aromatic rings. The molecule has 6 heteroatoms. The number of carbonyl (C=O) groups excluding carboxylic acids is 1. The van der Waals surface area contributed by atoms with Gasteiger partial charge < -0.3 is 10.4 Å². The number of hydrogen-bond donors (Lipinski definition) is 2. The zero-order chi connectivity index (χ0) is 11.1. The topological polar surface area (TPSA) is 75.1 Å². The Morgan fingerprint density at radius 2 is 2.53 bits per heavy atom. The van der Waals surface area contributed by atoms with Crippen LogP contribution < -0.4 is 5.32 Å². The van der Waals surface area contributed by atoms with Gasteiger partial charge in [-0.3, -0.25) is 4.79 Å². The number of nitrogens with zero attached hydrogens (tertiary/aromatic N) is 2. The average Bonchev–Trinajstić information content (AvgIpc) is 2.77. The fourth-order valence-electron chi connectivity index (χ4n) is 1.22. The molecule has 84 valence electrons. The minimum absolute atomic E-state index is 0.138. The van der Waals surface area contributed by atoms with E-state index in [9.17, 15) is 4.79 Å². The molecule has 0 saturated heterocycles. The van der Waals surface area contributed by atoms with Crippen molar-refractivity contribution < 1.29 is 9.90 Å². The molecule has 0 radical (unpaired) electrons.